The van der Waals surface area contributed by atoms with Gasteiger partial charge in [0.1, 0.15) is 5.75 Å². The molecule has 0 bridgehead atoms. The van der Waals surface area contributed by atoms with E-state index in [1.54, 1.807) is 24.3 Å². The minimum Gasteiger partial charge on any atom is -0.481 e. The van der Waals surface area contributed by atoms with Gasteiger partial charge in [0.25, 0.3) is 0 Å². The Labute approximate surface area is 79.5 Å². The minimum absolute atomic E-state index is 0.0144. The van der Waals surface area contributed by atoms with Crippen LogP contribution in [0.25, 0.3) is 0 Å². The minimum atomic E-state index is -4.26. The van der Waals surface area contributed by atoms with Crippen molar-refractivity contribution in [2.75, 3.05) is 0 Å². The van der Waals surface area contributed by atoms with Gasteiger partial charge in [0.15, 0.2) is 6.10 Å². The summed E-state index contributed by atoms with van der Waals surface area (Å²) in [7, 11) is 0. The van der Waals surface area contributed by atoms with Crippen LogP contribution in [0.1, 0.15) is 12.0 Å². The number of alkyl halides is 3. The normalized spacial score (nSPS) is 21.2. The predicted molar refractivity (Wildman–Crippen MR) is 45.2 cm³/mol. The summed E-state index contributed by atoms with van der Waals surface area (Å²) in [6.45, 7) is 0. The quantitative estimate of drug-likeness (QED) is 0.628. The summed E-state index contributed by atoms with van der Waals surface area (Å²) in [5.41, 5.74) is 0.855. The molecule has 4 heteroatoms. The molecule has 1 nitrogen and oxygen atoms in total. The van der Waals surface area contributed by atoms with Gasteiger partial charge in [-0.1, -0.05) is 18.2 Å². The number of para-hydroxylation sites is 1. The molecule has 0 saturated carbocycles. The molecule has 0 amide bonds. The summed E-state index contributed by atoms with van der Waals surface area (Å²) >= 11 is 0. The Bertz CT molecular complexity index is 332. The van der Waals surface area contributed by atoms with Crippen molar-refractivity contribution in [2.45, 2.75) is 25.1 Å². The van der Waals surface area contributed by atoms with Crippen molar-refractivity contribution in [1.82, 2.24) is 0 Å². The third kappa shape index (κ3) is 1.69. The van der Waals surface area contributed by atoms with Crippen LogP contribution in [0.15, 0.2) is 24.3 Å². The van der Waals surface area contributed by atoms with Gasteiger partial charge < -0.3 is 4.74 Å². The van der Waals surface area contributed by atoms with Gasteiger partial charge >= 0.3 is 6.18 Å². The van der Waals surface area contributed by atoms with Gasteiger partial charge in [-0.2, -0.15) is 13.2 Å². The molecule has 0 N–H and O–H groups in total. The molecule has 1 aliphatic rings. The van der Waals surface area contributed by atoms with Crippen LogP contribution in [0.4, 0.5) is 13.2 Å². The smallest absolute Gasteiger partial charge is 0.425 e. The number of hydrogen-bond donors (Lipinski definition) is 0. The van der Waals surface area contributed by atoms with Crippen LogP contribution < -0.4 is 4.74 Å². The molecule has 0 fully saturated rings. The van der Waals surface area contributed by atoms with Crippen LogP contribution in [0.3, 0.4) is 0 Å². The van der Waals surface area contributed by atoms with E-state index in [-0.39, 0.29) is 6.42 Å². The first kappa shape index (κ1) is 9.37. The van der Waals surface area contributed by atoms with Crippen LogP contribution >= 0.6 is 0 Å². The molecule has 1 atom stereocenters. The summed E-state index contributed by atoms with van der Waals surface area (Å²) in [5.74, 6) is 0.362. The van der Waals surface area contributed by atoms with Crippen molar-refractivity contribution in [3.05, 3.63) is 29.8 Å². The standard InChI is InChI=1S/C10H9F3O/c11-10(12,13)9-6-5-7-3-1-2-4-8(7)14-9/h1-4,9H,5-6H2/t9-/m1/s1. The molecule has 1 heterocycles. The molecule has 0 saturated heterocycles. The molecule has 1 aliphatic heterocycles. The second kappa shape index (κ2) is 3.19. The van der Waals surface area contributed by atoms with E-state index >= 15 is 0 Å². The largest absolute Gasteiger partial charge is 0.481 e. The van der Waals surface area contributed by atoms with Gasteiger partial charge in [0.05, 0.1) is 0 Å². The van der Waals surface area contributed by atoms with Gasteiger partial charge in [0, 0.05) is 0 Å². The molecule has 1 aromatic carbocycles. The summed E-state index contributed by atoms with van der Waals surface area (Å²) in [6, 6.07) is 6.85. The van der Waals surface area contributed by atoms with Gasteiger partial charge in [-0.05, 0) is 24.5 Å². The zero-order chi connectivity index (χ0) is 10.2. The summed E-state index contributed by atoms with van der Waals surface area (Å²) < 4.78 is 41.8. The molecule has 0 spiro atoms. The maximum Gasteiger partial charge on any atom is 0.425 e. The molecule has 0 aromatic heterocycles. The zero-order valence-electron chi connectivity index (χ0n) is 7.34. The second-order valence-electron chi connectivity index (χ2n) is 3.29. The van der Waals surface area contributed by atoms with E-state index in [1.165, 1.54) is 0 Å². The lowest BCUT2D eigenvalue weighted by atomic mass is 10.0. The Kier molecular flexibility index (Phi) is 2.13. The molecule has 0 unspecified atom stereocenters. The predicted octanol–water partition coefficient (Wildman–Crippen LogP) is 2.94. The second-order valence-corrected chi connectivity index (χ2v) is 3.29. The fourth-order valence-corrected chi connectivity index (χ4v) is 1.55. The van der Waals surface area contributed by atoms with Crippen LogP contribution in [-0.2, 0) is 6.42 Å². The number of aryl methyl sites for hydroxylation is 1. The first-order valence-electron chi connectivity index (χ1n) is 4.38. The lowest BCUT2D eigenvalue weighted by Gasteiger charge is -2.27. The summed E-state index contributed by atoms with van der Waals surface area (Å²) in [6.07, 6.45) is -5.45. The van der Waals surface area contributed by atoms with E-state index in [9.17, 15) is 13.2 Å². The number of fused-ring (bicyclic) bond motifs is 1. The van der Waals surface area contributed by atoms with Crippen molar-refractivity contribution in [3.8, 4) is 5.75 Å². The molecular weight excluding hydrogens is 193 g/mol. The topological polar surface area (TPSA) is 9.23 Å². The highest BCUT2D eigenvalue weighted by Crippen LogP contribution is 2.34. The molecule has 0 radical (unpaired) electrons. The van der Waals surface area contributed by atoms with Gasteiger partial charge in [0.2, 0.25) is 0 Å². The third-order valence-corrected chi connectivity index (χ3v) is 2.28. The van der Waals surface area contributed by atoms with E-state index in [1.807, 2.05) is 0 Å². The Hall–Kier alpha value is -1.19. The van der Waals surface area contributed by atoms with E-state index < -0.39 is 12.3 Å². The maximum absolute atomic E-state index is 12.3. The molecule has 1 aromatic rings. The van der Waals surface area contributed by atoms with Gasteiger partial charge in [-0.3, -0.25) is 0 Å². The van der Waals surface area contributed by atoms with Crippen molar-refractivity contribution in [2.24, 2.45) is 0 Å². The maximum atomic E-state index is 12.3. The Balaban J connectivity index is 2.22. The average molecular weight is 202 g/mol. The lowest BCUT2D eigenvalue weighted by Crippen LogP contribution is -2.37. The van der Waals surface area contributed by atoms with Crippen molar-refractivity contribution in [1.29, 1.82) is 0 Å². The molecule has 76 valence electrons. The van der Waals surface area contributed by atoms with E-state index in [0.29, 0.717) is 12.2 Å². The van der Waals surface area contributed by atoms with Crippen LogP contribution in [-0.4, -0.2) is 12.3 Å². The third-order valence-electron chi connectivity index (χ3n) is 2.28. The summed E-state index contributed by atoms with van der Waals surface area (Å²) in [4.78, 5) is 0. The van der Waals surface area contributed by atoms with Crippen molar-refractivity contribution in [3.63, 3.8) is 0 Å². The number of hydrogen-bond acceptors (Lipinski definition) is 1. The SMILES string of the molecule is FC(F)(F)[C@H]1CCc2ccccc2O1. The molecule has 14 heavy (non-hydrogen) atoms. The average Bonchev–Trinajstić information content (AvgIpc) is 2.16. The van der Waals surface area contributed by atoms with E-state index in [2.05, 4.69) is 0 Å². The first-order chi connectivity index (χ1) is 6.57. The number of ether oxygens (including phenoxy) is 1. The number of halogens is 3. The highest BCUT2D eigenvalue weighted by atomic mass is 19.4. The highest BCUT2D eigenvalue weighted by Gasteiger charge is 2.43. The Morgan fingerprint density at radius 3 is 2.64 bits per heavy atom. The zero-order valence-corrected chi connectivity index (χ0v) is 7.34. The number of benzene rings is 1. The van der Waals surface area contributed by atoms with Crippen LogP contribution in [0.5, 0.6) is 5.75 Å². The molecular formula is C10H9F3O. The fraction of sp³-hybridized carbons (Fsp3) is 0.400. The van der Waals surface area contributed by atoms with Crippen molar-refractivity contribution < 1.29 is 17.9 Å². The monoisotopic (exact) mass is 202 g/mol. The lowest BCUT2D eigenvalue weighted by molar-refractivity contribution is -0.199. The number of rotatable bonds is 0. The summed E-state index contributed by atoms with van der Waals surface area (Å²) in [5, 5.41) is 0. The first-order valence-corrected chi connectivity index (χ1v) is 4.38. The van der Waals surface area contributed by atoms with Gasteiger partial charge in [-0.15, -0.1) is 0 Å². The molecule has 2 rings (SSSR count). The van der Waals surface area contributed by atoms with Gasteiger partial charge in [-0.25, -0.2) is 0 Å². The van der Waals surface area contributed by atoms with Crippen LogP contribution in [0.2, 0.25) is 0 Å². The Morgan fingerprint density at radius 1 is 1.21 bits per heavy atom. The Morgan fingerprint density at radius 2 is 1.93 bits per heavy atom. The van der Waals surface area contributed by atoms with E-state index in [0.717, 1.165) is 5.56 Å². The molecule has 0 aliphatic carbocycles. The van der Waals surface area contributed by atoms with Crippen LogP contribution in [0, 0.1) is 0 Å². The fourth-order valence-electron chi connectivity index (χ4n) is 1.55. The highest BCUT2D eigenvalue weighted by molar-refractivity contribution is 5.35. The van der Waals surface area contributed by atoms with Crippen molar-refractivity contribution >= 4 is 0 Å². The van der Waals surface area contributed by atoms with E-state index in [4.69, 9.17) is 4.74 Å².